The van der Waals surface area contributed by atoms with Gasteiger partial charge in [-0.25, -0.2) is 4.31 Å². The summed E-state index contributed by atoms with van der Waals surface area (Å²) in [5, 5.41) is 0. The first-order valence-electron chi connectivity index (χ1n) is 1.96. The standard InChI is InChI=1S/H4O5P2.H2O4S/c1-6(2)5-7(3)4;1-5(2,3)4/h6-7H,(H,1,2)(H,3,4);(H2,1,2,3,4). The third-order valence-corrected chi connectivity index (χ3v) is 1.57. The van der Waals surface area contributed by atoms with E-state index in [9.17, 15) is 9.13 Å². The zero-order valence-electron chi connectivity index (χ0n) is 5.24. The maximum absolute atomic E-state index is 9.44. The van der Waals surface area contributed by atoms with Crippen LogP contribution in [0.2, 0.25) is 0 Å². The molecular weight excluding hydrogens is 238 g/mol. The number of hydrogen-bond donors (Lipinski definition) is 4. The van der Waals surface area contributed by atoms with Gasteiger partial charge in [0.2, 0.25) is 0 Å². The van der Waals surface area contributed by atoms with E-state index < -0.39 is 26.9 Å². The van der Waals surface area contributed by atoms with Crippen molar-refractivity contribution in [3.8, 4) is 0 Å². The van der Waals surface area contributed by atoms with Gasteiger partial charge in [0.25, 0.3) is 0 Å². The minimum Gasteiger partial charge on any atom is -0.326 e. The smallest absolute Gasteiger partial charge is 0.326 e. The highest BCUT2D eigenvalue weighted by Crippen LogP contribution is 2.30. The van der Waals surface area contributed by atoms with Crippen molar-refractivity contribution in [2.75, 3.05) is 0 Å². The number of hydrogen-bond acceptors (Lipinski definition) is 5. The highest BCUT2D eigenvalue weighted by Gasteiger charge is 1.93. The Morgan fingerprint density at radius 1 is 1.00 bits per heavy atom. The molecule has 0 radical (unpaired) electrons. The van der Waals surface area contributed by atoms with Crippen molar-refractivity contribution in [2.45, 2.75) is 0 Å². The lowest BCUT2D eigenvalue weighted by Crippen LogP contribution is -1.89. The fourth-order valence-electron chi connectivity index (χ4n) is 0.0747. The summed E-state index contributed by atoms with van der Waals surface area (Å²) in [6, 6.07) is 0. The molecule has 0 aromatic heterocycles. The first kappa shape index (κ1) is 14.7. The molecule has 0 amide bonds. The van der Waals surface area contributed by atoms with E-state index in [-0.39, 0.29) is 0 Å². The second-order valence-corrected chi connectivity index (χ2v) is 3.86. The average Bonchev–Trinajstić information content (AvgIpc) is 1.52. The average molecular weight is 244 g/mol. The van der Waals surface area contributed by atoms with Crippen LogP contribution in [0.15, 0.2) is 0 Å². The minimum atomic E-state index is -4.67. The van der Waals surface area contributed by atoms with Crippen LogP contribution in [0.3, 0.4) is 0 Å². The van der Waals surface area contributed by atoms with E-state index in [1.165, 1.54) is 0 Å². The largest absolute Gasteiger partial charge is 0.394 e. The summed E-state index contributed by atoms with van der Waals surface area (Å²) in [4.78, 5) is 15.4. The van der Waals surface area contributed by atoms with Gasteiger partial charge >= 0.3 is 26.9 Å². The van der Waals surface area contributed by atoms with E-state index >= 15 is 0 Å². The predicted molar refractivity (Wildman–Crippen MR) is 37.7 cm³/mol. The summed E-state index contributed by atoms with van der Waals surface area (Å²) in [6.45, 7) is 0. The minimum absolute atomic E-state index is 3.20. The Labute approximate surface area is 68.5 Å². The van der Waals surface area contributed by atoms with Crippen LogP contribution in [-0.2, 0) is 23.8 Å². The Balaban J connectivity index is 0. The quantitative estimate of drug-likeness (QED) is 0.357. The van der Waals surface area contributed by atoms with Crippen LogP contribution >= 0.6 is 16.5 Å². The van der Waals surface area contributed by atoms with Crippen molar-refractivity contribution < 1.29 is 40.8 Å². The van der Waals surface area contributed by atoms with Gasteiger partial charge in [0.1, 0.15) is 0 Å². The van der Waals surface area contributed by atoms with Crippen LogP contribution in [0.25, 0.3) is 0 Å². The number of rotatable bonds is 2. The van der Waals surface area contributed by atoms with Gasteiger partial charge in [-0.05, 0) is 0 Å². The van der Waals surface area contributed by atoms with E-state index in [1.54, 1.807) is 0 Å². The molecule has 0 aromatic rings. The molecule has 12 heavy (non-hydrogen) atoms. The third kappa shape index (κ3) is 48.9. The Kier molecular flexibility index (Phi) is 8.21. The lowest BCUT2D eigenvalue weighted by Gasteiger charge is -1.86. The molecule has 9 nitrogen and oxygen atoms in total. The molecule has 2 atom stereocenters. The zero-order valence-corrected chi connectivity index (χ0v) is 8.05. The lowest BCUT2D eigenvalue weighted by molar-refractivity contribution is 0.370. The molecule has 0 fully saturated rings. The van der Waals surface area contributed by atoms with Crippen LogP contribution < -0.4 is 0 Å². The zero-order chi connectivity index (χ0) is 10.4. The molecule has 0 aliphatic rings. The molecule has 2 unspecified atom stereocenters. The maximum Gasteiger partial charge on any atom is 0.394 e. The highest BCUT2D eigenvalue weighted by atomic mass is 32.3. The van der Waals surface area contributed by atoms with Crippen molar-refractivity contribution in [1.29, 1.82) is 0 Å². The van der Waals surface area contributed by atoms with E-state index in [2.05, 4.69) is 4.31 Å². The predicted octanol–water partition coefficient (Wildman–Crippen LogP) is -0.886. The third-order valence-electron chi connectivity index (χ3n) is 0.175. The monoisotopic (exact) mass is 244 g/mol. The lowest BCUT2D eigenvalue weighted by atomic mass is 15.8. The summed E-state index contributed by atoms with van der Waals surface area (Å²) < 4.78 is 53.9. The molecule has 0 aliphatic carbocycles. The molecule has 0 aliphatic heterocycles. The first-order valence-corrected chi connectivity index (χ1v) is 5.89. The van der Waals surface area contributed by atoms with Gasteiger partial charge in [-0.3, -0.25) is 18.2 Å². The normalized spacial score (nSPS) is 15.7. The molecule has 0 rings (SSSR count). The van der Waals surface area contributed by atoms with Gasteiger partial charge in [-0.2, -0.15) is 8.42 Å². The molecule has 12 heteroatoms. The van der Waals surface area contributed by atoms with Crippen LogP contribution in [0, 0.1) is 0 Å². The molecule has 0 saturated carbocycles. The van der Waals surface area contributed by atoms with Crippen molar-refractivity contribution >= 4 is 26.9 Å². The van der Waals surface area contributed by atoms with E-state index in [1.807, 2.05) is 0 Å². The van der Waals surface area contributed by atoms with E-state index in [4.69, 9.17) is 27.3 Å². The van der Waals surface area contributed by atoms with Crippen LogP contribution in [-0.4, -0.2) is 27.3 Å². The van der Waals surface area contributed by atoms with Crippen LogP contribution in [0.4, 0.5) is 0 Å². The molecule has 0 spiro atoms. The molecular formula is H6O9P2S. The fourth-order valence-corrected chi connectivity index (χ4v) is 0.672. The Bertz CT molecular complexity index is 228. The summed E-state index contributed by atoms with van der Waals surface area (Å²) in [5.41, 5.74) is 0. The summed E-state index contributed by atoms with van der Waals surface area (Å²) in [7, 11) is -11.1. The van der Waals surface area contributed by atoms with Crippen molar-refractivity contribution in [2.24, 2.45) is 0 Å². The van der Waals surface area contributed by atoms with Gasteiger partial charge in [0.15, 0.2) is 0 Å². The van der Waals surface area contributed by atoms with Gasteiger partial charge in [-0.1, -0.05) is 0 Å². The highest BCUT2D eigenvalue weighted by molar-refractivity contribution is 7.79. The van der Waals surface area contributed by atoms with Gasteiger partial charge < -0.3 is 9.79 Å². The molecule has 4 N–H and O–H groups in total. The van der Waals surface area contributed by atoms with Crippen molar-refractivity contribution in [3.05, 3.63) is 0 Å². The Morgan fingerprint density at radius 3 is 1.17 bits per heavy atom. The molecule has 76 valence electrons. The Morgan fingerprint density at radius 2 is 1.17 bits per heavy atom. The molecule has 0 heterocycles. The molecule has 0 bridgehead atoms. The topological polar surface area (TPSA) is 158 Å². The van der Waals surface area contributed by atoms with E-state index in [0.717, 1.165) is 0 Å². The van der Waals surface area contributed by atoms with Gasteiger partial charge in [0, 0.05) is 0 Å². The van der Waals surface area contributed by atoms with Crippen molar-refractivity contribution in [1.82, 2.24) is 0 Å². The first-order chi connectivity index (χ1) is 5.13. The second-order valence-electron chi connectivity index (χ2n) is 1.08. The van der Waals surface area contributed by atoms with Gasteiger partial charge in [0.05, 0.1) is 0 Å². The molecule has 0 saturated heterocycles. The fraction of sp³-hybridized carbons (Fsp3) is 0. The van der Waals surface area contributed by atoms with Crippen LogP contribution in [0.5, 0.6) is 0 Å². The SMILES string of the molecule is O=S(=O)(O)O.O=[PH](O)O[PH](=O)O. The summed E-state index contributed by atoms with van der Waals surface area (Å²) >= 11 is 0. The summed E-state index contributed by atoms with van der Waals surface area (Å²) in [5.74, 6) is 0. The molecule has 0 aromatic carbocycles. The van der Waals surface area contributed by atoms with Gasteiger partial charge in [-0.15, -0.1) is 0 Å². The van der Waals surface area contributed by atoms with Crippen LogP contribution in [0.1, 0.15) is 0 Å². The van der Waals surface area contributed by atoms with E-state index in [0.29, 0.717) is 0 Å². The second kappa shape index (κ2) is 6.70. The maximum atomic E-state index is 9.44. The summed E-state index contributed by atoms with van der Waals surface area (Å²) in [6.07, 6.45) is 0. The van der Waals surface area contributed by atoms with Crippen molar-refractivity contribution in [3.63, 3.8) is 0 Å². The Hall–Kier alpha value is 0.210.